The van der Waals surface area contributed by atoms with Crippen LogP contribution in [0.1, 0.15) is 30.1 Å². The lowest BCUT2D eigenvalue weighted by Crippen LogP contribution is -2.42. The molecule has 1 aromatic heterocycles. The van der Waals surface area contributed by atoms with Crippen LogP contribution in [0.15, 0.2) is 58.9 Å². The second kappa shape index (κ2) is 9.58. The molecular formula is C23H22ClFN4O3. The number of aliphatic imine (C=N–C) groups is 1. The monoisotopic (exact) mass is 456 g/mol. The summed E-state index contributed by atoms with van der Waals surface area (Å²) in [5.41, 5.74) is 1.95. The van der Waals surface area contributed by atoms with Crippen molar-refractivity contribution in [3.8, 4) is 0 Å². The minimum atomic E-state index is -0.810. The minimum absolute atomic E-state index is 0.158. The number of aromatic nitrogens is 1. The Balaban J connectivity index is 1.81. The molecule has 0 spiro atoms. The molecule has 1 N–H and O–H groups in total. The van der Waals surface area contributed by atoms with E-state index in [1.165, 1.54) is 25.3 Å². The summed E-state index contributed by atoms with van der Waals surface area (Å²) >= 11 is 6.36. The summed E-state index contributed by atoms with van der Waals surface area (Å²) in [5, 5.41) is 3.40. The normalized spacial score (nSPS) is 19.4. The third-order valence-electron chi connectivity index (χ3n) is 5.49. The van der Waals surface area contributed by atoms with Crippen molar-refractivity contribution in [3.05, 3.63) is 76.0 Å². The number of ketones is 1. The van der Waals surface area contributed by atoms with Gasteiger partial charge in [-0.1, -0.05) is 23.7 Å². The molecule has 0 amide bonds. The zero-order valence-corrected chi connectivity index (χ0v) is 18.2. The van der Waals surface area contributed by atoms with Gasteiger partial charge >= 0.3 is 5.97 Å². The number of pyridine rings is 1. The number of nitrogens with zero attached hydrogens (tertiary/aromatic N) is 3. The molecule has 2 aliphatic rings. The molecule has 7 nitrogen and oxygen atoms in total. The van der Waals surface area contributed by atoms with E-state index in [0.717, 1.165) is 0 Å². The first-order valence-corrected chi connectivity index (χ1v) is 10.6. The first-order chi connectivity index (χ1) is 15.5. The molecule has 0 radical (unpaired) electrons. The van der Waals surface area contributed by atoms with E-state index in [9.17, 15) is 14.0 Å². The molecule has 1 unspecified atom stereocenters. The number of esters is 1. The number of benzene rings is 1. The van der Waals surface area contributed by atoms with Crippen LogP contribution in [0, 0.1) is 5.82 Å². The van der Waals surface area contributed by atoms with Crippen molar-refractivity contribution in [2.24, 2.45) is 4.99 Å². The number of amidine groups is 1. The van der Waals surface area contributed by atoms with E-state index in [2.05, 4.69) is 15.2 Å². The first-order valence-electron chi connectivity index (χ1n) is 10.2. The van der Waals surface area contributed by atoms with Crippen LogP contribution >= 0.6 is 11.6 Å². The summed E-state index contributed by atoms with van der Waals surface area (Å²) < 4.78 is 18.8. The van der Waals surface area contributed by atoms with E-state index in [0.29, 0.717) is 55.3 Å². The summed E-state index contributed by atoms with van der Waals surface area (Å²) in [7, 11) is 1.30. The van der Waals surface area contributed by atoms with Crippen LogP contribution in [0.4, 0.5) is 4.39 Å². The highest BCUT2D eigenvalue weighted by Crippen LogP contribution is 2.36. The van der Waals surface area contributed by atoms with Gasteiger partial charge in [-0.15, -0.1) is 0 Å². The molecule has 32 heavy (non-hydrogen) atoms. The Morgan fingerprint density at radius 1 is 1.28 bits per heavy atom. The Bertz CT molecular complexity index is 1090. The van der Waals surface area contributed by atoms with Gasteiger partial charge in [0.05, 0.1) is 12.7 Å². The lowest BCUT2D eigenvalue weighted by molar-refractivity contribution is -0.136. The van der Waals surface area contributed by atoms with Crippen molar-refractivity contribution in [2.75, 3.05) is 26.7 Å². The third kappa shape index (κ3) is 4.71. The number of methoxy groups -OCH3 is 1. The number of hydrogen-bond acceptors (Lipinski definition) is 7. The lowest BCUT2D eigenvalue weighted by Gasteiger charge is -2.32. The van der Waals surface area contributed by atoms with Crippen LogP contribution in [-0.2, 0) is 14.3 Å². The Hall–Kier alpha value is -3.10. The maximum absolute atomic E-state index is 13.7. The lowest BCUT2D eigenvalue weighted by atomic mass is 9.94. The number of carbonyl (C=O) groups is 2. The number of rotatable bonds is 5. The molecule has 2 aliphatic heterocycles. The molecule has 0 aliphatic carbocycles. The molecule has 4 rings (SSSR count). The number of ether oxygens (including phenoxy) is 1. The molecule has 166 valence electrons. The third-order valence-corrected chi connectivity index (χ3v) is 5.82. The molecular weight excluding hydrogens is 435 g/mol. The number of Topliss-reactive ketones (excluding diaryl/α,β-unsaturated/α-hetero) is 1. The second-order valence-electron chi connectivity index (χ2n) is 7.58. The van der Waals surface area contributed by atoms with Crippen molar-refractivity contribution in [1.29, 1.82) is 0 Å². The number of piperidine rings is 1. The van der Waals surface area contributed by atoms with Crippen LogP contribution < -0.4 is 5.32 Å². The fourth-order valence-corrected chi connectivity index (χ4v) is 4.11. The average molecular weight is 457 g/mol. The fraction of sp³-hybridized carbons (Fsp3) is 0.304. The van der Waals surface area contributed by atoms with E-state index >= 15 is 0 Å². The van der Waals surface area contributed by atoms with Gasteiger partial charge in [0, 0.05) is 55.0 Å². The Labute approximate surface area is 189 Å². The van der Waals surface area contributed by atoms with Gasteiger partial charge in [0.1, 0.15) is 23.3 Å². The van der Waals surface area contributed by atoms with E-state index in [1.807, 2.05) is 6.07 Å². The molecule has 1 fully saturated rings. The standard InChI is InChI=1S/C23H22ClFN4O3/c1-32-23(31)20-19(13-29-10-7-15(30)8-11-29)27-22(18-4-2-3-9-26-18)28-21(20)16-6-5-14(25)12-17(16)24/h2-6,9,12,21H,7-8,10-11,13H2,1H3,(H,27,28). The van der Waals surface area contributed by atoms with E-state index in [-0.39, 0.29) is 16.4 Å². The molecule has 0 saturated carbocycles. The van der Waals surface area contributed by atoms with Gasteiger partial charge < -0.3 is 10.1 Å². The fourth-order valence-electron chi connectivity index (χ4n) is 3.84. The molecule has 3 heterocycles. The number of nitrogens with one attached hydrogen (secondary N) is 1. The van der Waals surface area contributed by atoms with Crippen molar-refractivity contribution < 1.29 is 18.7 Å². The quantitative estimate of drug-likeness (QED) is 0.696. The van der Waals surface area contributed by atoms with Gasteiger partial charge in [0.25, 0.3) is 0 Å². The topological polar surface area (TPSA) is 83.9 Å². The van der Waals surface area contributed by atoms with Crippen molar-refractivity contribution in [1.82, 2.24) is 15.2 Å². The highest BCUT2D eigenvalue weighted by atomic mass is 35.5. The highest BCUT2D eigenvalue weighted by Gasteiger charge is 2.34. The molecule has 2 aromatic rings. The van der Waals surface area contributed by atoms with Gasteiger partial charge in [-0.05, 0) is 24.3 Å². The van der Waals surface area contributed by atoms with E-state index < -0.39 is 17.8 Å². The highest BCUT2D eigenvalue weighted by molar-refractivity contribution is 6.31. The zero-order chi connectivity index (χ0) is 22.7. The number of halogens is 2. The molecule has 1 atom stereocenters. The van der Waals surface area contributed by atoms with Crippen molar-refractivity contribution >= 4 is 29.2 Å². The minimum Gasteiger partial charge on any atom is -0.466 e. The van der Waals surface area contributed by atoms with Gasteiger partial charge in [0.15, 0.2) is 5.84 Å². The predicted molar refractivity (Wildman–Crippen MR) is 118 cm³/mol. The SMILES string of the molecule is COC(=O)C1=C(CN2CCC(=O)CC2)NC(c2ccccn2)=NC1c1ccc(F)cc1Cl. The summed E-state index contributed by atoms with van der Waals surface area (Å²) in [4.78, 5) is 35.7. The number of hydrogen-bond donors (Lipinski definition) is 1. The summed E-state index contributed by atoms with van der Waals surface area (Å²) in [6.07, 6.45) is 2.58. The van der Waals surface area contributed by atoms with Crippen molar-refractivity contribution in [3.63, 3.8) is 0 Å². The molecule has 1 aromatic carbocycles. The summed E-state index contributed by atoms with van der Waals surface area (Å²) in [6, 6.07) is 8.62. The maximum Gasteiger partial charge on any atom is 0.338 e. The molecule has 0 bridgehead atoms. The smallest absolute Gasteiger partial charge is 0.338 e. The summed E-state index contributed by atoms with van der Waals surface area (Å²) in [6.45, 7) is 1.58. The average Bonchev–Trinajstić information content (AvgIpc) is 2.80. The van der Waals surface area contributed by atoms with Crippen molar-refractivity contribution in [2.45, 2.75) is 18.9 Å². The summed E-state index contributed by atoms with van der Waals surface area (Å²) in [5.74, 6) is -0.350. The first kappa shape index (κ1) is 22.1. The Kier molecular flexibility index (Phi) is 6.62. The van der Waals surface area contributed by atoms with E-state index in [4.69, 9.17) is 21.3 Å². The molecule has 9 heteroatoms. The van der Waals surface area contributed by atoms with E-state index in [1.54, 1.807) is 18.3 Å². The largest absolute Gasteiger partial charge is 0.466 e. The van der Waals surface area contributed by atoms with Gasteiger partial charge in [0.2, 0.25) is 0 Å². The van der Waals surface area contributed by atoms with Crippen LogP contribution in [0.3, 0.4) is 0 Å². The number of likely N-dealkylation sites (tertiary alicyclic amines) is 1. The zero-order valence-electron chi connectivity index (χ0n) is 17.5. The predicted octanol–water partition coefficient (Wildman–Crippen LogP) is 3.06. The Morgan fingerprint density at radius 2 is 2.06 bits per heavy atom. The van der Waals surface area contributed by atoms with Crippen LogP contribution in [0.25, 0.3) is 0 Å². The molecule has 1 saturated heterocycles. The van der Waals surface area contributed by atoms with Gasteiger partial charge in [-0.3, -0.25) is 19.7 Å². The second-order valence-corrected chi connectivity index (χ2v) is 7.99. The van der Waals surface area contributed by atoms with Gasteiger partial charge in [-0.2, -0.15) is 0 Å². The van der Waals surface area contributed by atoms with Crippen LogP contribution in [0.5, 0.6) is 0 Å². The van der Waals surface area contributed by atoms with Gasteiger partial charge in [-0.25, -0.2) is 9.18 Å². The van der Waals surface area contributed by atoms with Crippen LogP contribution in [-0.4, -0.2) is 54.2 Å². The maximum atomic E-state index is 13.7. The Morgan fingerprint density at radius 3 is 2.72 bits per heavy atom. The number of carbonyl (C=O) groups excluding carboxylic acids is 2. The van der Waals surface area contributed by atoms with Crippen LogP contribution in [0.2, 0.25) is 5.02 Å².